The number of anilines is 1. The van der Waals surface area contributed by atoms with Crippen molar-refractivity contribution in [3.8, 4) is 10.7 Å². The quantitative estimate of drug-likeness (QED) is 0.564. The second-order valence-electron chi connectivity index (χ2n) is 6.25. The number of amides is 1. The van der Waals surface area contributed by atoms with Crippen LogP contribution in [0.25, 0.3) is 21.7 Å². The Morgan fingerprint density at radius 1 is 1.30 bits per heavy atom. The van der Waals surface area contributed by atoms with E-state index >= 15 is 0 Å². The van der Waals surface area contributed by atoms with Crippen molar-refractivity contribution >= 4 is 34.0 Å². The van der Waals surface area contributed by atoms with Crippen LogP contribution in [0.4, 0.5) is 10.1 Å². The number of halogens is 1. The highest BCUT2D eigenvalue weighted by molar-refractivity contribution is 7.13. The fourth-order valence-electron chi connectivity index (χ4n) is 2.80. The molecular formula is C19H16FN5OS. The van der Waals surface area contributed by atoms with E-state index in [4.69, 9.17) is 0 Å². The van der Waals surface area contributed by atoms with E-state index in [9.17, 15) is 9.18 Å². The van der Waals surface area contributed by atoms with Gasteiger partial charge < -0.3 is 5.32 Å². The predicted octanol–water partition coefficient (Wildman–Crippen LogP) is 4.53. The first kappa shape index (κ1) is 17.3. The van der Waals surface area contributed by atoms with Gasteiger partial charge in [-0.15, -0.1) is 11.3 Å². The van der Waals surface area contributed by atoms with E-state index in [1.807, 2.05) is 19.2 Å². The van der Waals surface area contributed by atoms with E-state index in [1.54, 1.807) is 35.3 Å². The Balaban J connectivity index is 1.86. The highest BCUT2D eigenvalue weighted by Crippen LogP contribution is 2.28. The first-order valence-electron chi connectivity index (χ1n) is 8.38. The maximum Gasteiger partial charge on any atom is 0.256 e. The van der Waals surface area contributed by atoms with Gasteiger partial charge in [0.05, 0.1) is 22.8 Å². The number of thiazole rings is 1. The van der Waals surface area contributed by atoms with Crippen molar-refractivity contribution in [1.29, 1.82) is 0 Å². The highest BCUT2D eigenvalue weighted by atomic mass is 32.1. The molecule has 3 aromatic heterocycles. The van der Waals surface area contributed by atoms with Gasteiger partial charge in [-0.3, -0.25) is 4.79 Å². The zero-order valence-corrected chi connectivity index (χ0v) is 15.5. The zero-order valence-electron chi connectivity index (χ0n) is 14.7. The van der Waals surface area contributed by atoms with Crippen molar-refractivity contribution in [2.75, 3.05) is 5.32 Å². The maximum absolute atomic E-state index is 13.9. The molecule has 0 bridgehead atoms. The minimum Gasteiger partial charge on any atom is -0.319 e. The second kappa shape index (κ2) is 6.88. The molecule has 3 heterocycles. The Hall–Kier alpha value is -3.13. The summed E-state index contributed by atoms with van der Waals surface area (Å²) in [5.74, 6) is -0.914. The lowest BCUT2D eigenvalue weighted by Gasteiger charge is -2.10. The van der Waals surface area contributed by atoms with Gasteiger partial charge in [0.15, 0.2) is 5.65 Å². The van der Waals surface area contributed by atoms with Crippen LogP contribution in [0.3, 0.4) is 0 Å². The molecule has 27 heavy (non-hydrogen) atoms. The number of para-hydroxylation sites is 1. The van der Waals surface area contributed by atoms with Crippen LogP contribution in [-0.2, 0) is 0 Å². The maximum atomic E-state index is 13.9. The number of carbonyl (C=O) groups is 1. The topological polar surface area (TPSA) is 72.7 Å². The number of aromatic nitrogens is 4. The molecule has 0 saturated heterocycles. The summed E-state index contributed by atoms with van der Waals surface area (Å²) < 4.78 is 15.7. The van der Waals surface area contributed by atoms with Crippen LogP contribution in [0.2, 0.25) is 0 Å². The number of carbonyl (C=O) groups excluding carboxylic acids is 1. The normalized spacial score (nSPS) is 11.3. The number of hydrogen-bond acceptors (Lipinski definition) is 5. The van der Waals surface area contributed by atoms with E-state index in [0.717, 1.165) is 0 Å². The van der Waals surface area contributed by atoms with Gasteiger partial charge >= 0.3 is 0 Å². The molecule has 0 atom stereocenters. The second-order valence-corrected chi connectivity index (χ2v) is 7.14. The molecule has 1 amide bonds. The zero-order chi connectivity index (χ0) is 19.0. The average Bonchev–Trinajstić information content (AvgIpc) is 3.32. The lowest BCUT2D eigenvalue weighted by atomic mass is 10.1. The van der Waals surface area contributed by atoms with Gasteiger partial charge in [-0.2, -0.15) is 5.10 Å². The van der Waals surface area contributed by atoms with E-state index < -0.39 is 11.7 Å². The number of fused-ring (bicyclic) bond motifs is 1. The SMILES string of the molecule is CC(C)n1ncc2c(C(=O)Nc3ccccc3F)cc(-c3nccs3)nc21. The molecular weight excluding hydrogens is 365 g/mol. The van der Waals surface area contributed by atoms with Crippen molar-refractivity contribution in [1.82, 2.24) is 19.7 Å². The summed E-state index contributed by atoms with van der Waals surface area (Å²) in [6, 6.07) is 7.80. The van der Waals surface area contributed by atoms with Crippen molar-refractivity contribution in [3.05, 3.63) is 59.5 Å². The standard InChI is InChI=1S/C19H16FN5OS/c1-11(2)25-17-13(10-22-25)12(9-16(23-17)19-21-7-8-27-19)18(26)24-15-6-4-3-5-14(15)20/h3-11H,1-2H3,(H,24,26). The third kappa shape index (κ3) is 3.19. The number of hydrogen-bond donors (Lipinski definition) is 1. The number of pyridine rings is 1. The van der Waals surface area contributed by atoms with Crippen molar-refractivity contribution in [2.24, 2.45) is 0 Å². The number of nitrogens with one attached hydrogen (secondary N) is 1. The van der Waals surface area contributed by atoms with Crippen molar-refractivity contribution < 1.29 is 9.18 Å². The molecule has 1 aromatic carbocycles. The first-order valence-corrected chi connectivity index (χ1v) is 9.26. The molecule has 8 heteroatoms. The minimum atomic E-state index is -0.492. The van der Waals surface area contributed by atoms with Gasteiger partial charge in [-0.05, 0) is 32.0 Å². The summed E-state index contributed by atoms with van der Waals surface area (Å²) >= 11 is 1.43. The third-order valence-corrected chi connectivity index (χ3v) is 4.87. The molecule has 136 valence electrons. The first-order chi connectivity index (χ1) is 13.0. The summed E-state index contributed by atoms with van der Waals surface area (Å²) in [4.78, 5) is 21.9. The largest absolute Gasteiger partial charge is 0.319 e. The molecule has 0 fully saturated rings. The summed E-state index contributed by atoms with van der Waals surface area (Å²) in [7, 11) is 0. The molecule has 1 N–H and O–H groups in total. The average molecular weight is 381 g/mol. The van der Waals surface area contributed by atoms with Crippen LogP contribution in [0.5, 0.6) is 0 Å². The van der Waals surface area contributed by atoms with Crippen LogP contribution >= 0.6 is 11.3 Å². The van der Waals surface area contributed by atoms with E-state index in [-0.39, 0.29) is 11.7 Å². The van der Waals surface area contributed by atoms with Gasteiger partial charge in [-0.1, -0.05) is 12.1 Å². The summed E-state index contributed by atoms with van der Waals surface area (Å²) in [6.07, 6.45) is 3.30. The van der Waals surface area contributed by atoms with Crippen LogP contribution < -0.4 is 5.32 Å². The van der Waals surface area contributed by atoms with Gasteiger partial charge in [-0.25, -0.2) is 19.0 Å². The van der Waals surface area contributed by atoms with Gasteiger partial charge in [0.2, 0.25) is 0 Å². The molecule has 0 spiro atoms. The molecule has 0 aliphatic rings. The van der Waals surface area contributed by atoms with Crippen molar-refractivity contribution in [3.63, 3.8) is 0 Å². The lowest BCUT2D eigenvalue weighted by Crippen LogP contribution is -2.14. The Morgan fingerprint density at radius 2 is 2.11 bits per heavy atom. The summed E-state index contributed by atoms with van der Waals surface area (Å²) in [6.45, 7) is 3.98. The molecule has 4 aromatic rings. The van der Waals surface area contributed by atoms with Crippen LogP contribution in [0.15, 0.2) is 48.1 Å². The van der Waals surface area contributed by atoms with Crippen LogP contribution in [-0.4, -0.2) is 25.7 Å². The Morgan fingerprint density at radius 3 is 2.81 bits per heavy atom. The van der Waals surface area contributed by atoms with Crippen molar-refractivity contribution in [2.45, 2.75) is 19.9 Å². The molecule has 6 nitrogen and oxygen atoms in total. The molecule has 0 aliphatic heterocycles. The third-order valence-electron chi connectivity index (χ3n) is 4.07. The molecule has 0 aliphatic carbocycles. The number of rotatable bonds is 4. The molecule has 0 radical (unpaired) electrons. The van der Waals surface area contributed by atoms with E-state index in [1.165, 1.54) is 23.5 Å². The van der Waals surface area contributed by atoms with Crippen LogP contribution in [0.1, 0.15) is 30.2 Å². The molecule has 0 saturated carbocycles. The number of benzene rings is 1. The minimum absolute atomic E-state index is 0.0732. The summed E-state index contributed by atoms with van der Waals surface area (Å²) in [5.41, 5.74) is 1.68. The highest BCUT2D eigenvalue weighted by Gasteiger charge is 2.20. The van der Waals surface area contributed by atoms with Gasteiger partial charge in [0, 0.05) is 17.6 Å². The van der Waals surface area contributed by atoms with Gasteiger partial charge in [0.25, 0.3) is 5.91 Å². The van der Waals surface area contributed by atoms with E-state index in [0.29, 0.717) is 27.3 Å². The summed E-state index contributed by atoms with van der Waals surface area (Å²) in [5, 5.41) is 10.2. The molecule has 0 unspecified atom stereocenters. The fourth-order valence-corrected chi connectivity index (χ4v) is 3.39. The number of nitrogens with zero attached hydrogens (tertiary/aromatic N) is 4. The Kier molecular flexibility index (Phi) is 4.41. The smallest absolute Gasteiger partial charge is 0.256 e. The fraction of sp³-hybridized carbons (Fsp3) is 0.158. The van der Waals surface area contributed by atoms with Crippen LogP contribution in [0, 0.1) is 5.82 Å². The molecule has 4 rings (SSSR count). The predicted molar refractivity (Wildman–Crippen MR) is 103 cm³/mol. The van der Waals surface area contributed by atoms with E-state index in [2.05, 4.69) is 20.4 Å². The van der Waals surface area contributed by atoms with Gasteiger partial charge in [0.1, 0.15) is 16.5 Å². The monoisotopic (exact) mass is 381 g/mol. The Bertz CT molecular complexity index is 1120. The lowest BCUT2D eigenvalue weighted by molar-refractivity contribution is 0.102. The Labute approximate surface area is 158 Å².